The standard InChI is InChI=1S/C13H16O2/c1-4-5-8-15-13-7-6-10(2)9-12(13)11(3)14/h4,6-7,9H,1,5,8H2,2-3H3. The van der Waals surface area contributed by atoms with Gasteiger partial charge in [-0.3, -0.25) is 4.79 Å². The minimum Gasteiger partial charge on any atom is -0.493 e. The van der Waals surface area contributed by atoms with Gasteiger partial charge in [-0.2, -0.15) is 0 Å². The van der Waals surface area contributed by atoms with Crippen molar-refractivity contribution in [2.75, 3.05) is 6.61 Å². The van der Waals surface area contributed by atoms with Gasteiger partial charge < -0.3 is 4.74 Å². The number of rotatable bonds is 5. The third-order valence-corrected chi connectivity index (χ3v) is 2.09. The molecule has 0 saturated heterocycles. The molecule has 1 aromatic rings. The minimum atomic E-state index is 0.0345. The lowest BCUT2D eigenvalue weighted by molar-refractivity contribution is 0.101. The highest BCUT2D eigenvalue weighted by atomic mass is 16.5. The Balaban J connectivity index is 2.85. The normalized spacial score (nSPS) is 9.73. The van der Waals surface area contributed by atoms with Crippen LogP contribution in [0.2, 0.25) is 0 Å². The first-order valence-electron chi connectivity index (χ1n) is 5.00. The van der Waals surface area contributed by atoms with Gasteiger partial charge in [-0.25, -0.2) is 0 Å². The van der Waals surface area contributed by atoms with E-state index in [0.29, 0.717) is 17.9 Å². The van der Waals surface area contributed by atoms with E-state index in [1.807, 2.05) is 25.1 Å². The van der Waals surface area contributed by atoms with Crippen molar-refractivity contribution in [2.45, 2.75) is 20.3 Å². The Labute approximate surface area is 90.6 Å². The van der Waals surface area contributed by atoms with Crippen LogP contribution in [-0.2, 0) is 0 Å². The lowest BCUT2D eigenvalue weighted by Crippen LogP contribution is -2.02. The molecule has 0 aliphatic carbocycles. The third-order valence-electron chi connectivity index (χ3n) is 2.09. The highest BCUT2D eigenvalue weighted by Gasteiger charge is 2.07. The van der Waals surface area contributed by atoms with Crippen LogP contribution in [0.25, 0.3) is 0 Å². The number of carbonyl (C=O) groups is 1. The molecule has 0 unspecified atom stereocenters. The quantitative estimate of drug-likeness (QED) is 0.418. The number of ether oxygens (including phenoxy) is 1. The maximum absolute atomic E-state index is 11.4. The van der Waals surface area contributed by atoms with Crippen LogP contribution in [0.1, 0.15) is 29.3 Å². The molecule has 0 saturated carbocycles. The molecule has 80 valence electrons. The predicted molar refractivity (Wildman–Crippen MR) is 61.5 cm³/mol. The average molecular weight is 204 g/mol. The molecule has 1 rings (SSSR count). The summed E-state index contributed by atoms with van der Waals surface area (Å²) in [6.45, 7) is 7.69. The van der Waals surface area contributed by atoms with E-state index in [2.05, 4.69) is 6.58 Å². The Hall–Kier alpha value is -1.57. The summed E-state index contributed by atoms with van der Waals surface area (Å²) in [6, 6.07) is 5.64. The van der Waals surface area contributed by atoms with Crippen LogP contribution >= 0.6 is 0 Å². The van der Waals surface area contributed by atoms with E-state index in [1.54, 1.807) is 13.0 Å². The number of aryl methyl sites for hydroxylation is 1. The molecule has 0 atom stereocenters. The molecule has 2 nitrogen and oxygen atoms in total. The first-order valence-corrected chi connectivity index (χ1v) is 5.00. The van der Waals surface area contributed by atoms with E-state index in [1.165, 1.54) is 0 Å². The monoisotopic (exact) mass is 204 g/mol. The molecule has 15 heavy (non-hydrogen) atoms. The van der Waals surface area contributed by atoms with Crippen molar-refractivity contribution < 1.29 is 9.53 Å². The summed E-state index contributed by atoms with van der Waals surface area (Å²) < 4.78 is 5.50. The Morgan fingerprint density at radius 2 is 2.27 bits per heavy atom. The zero-order valence-electron chi connectivity index (χ0n) is 9.25. The van der Waals surface area contributed by atoms with Crippen molar-refractivity contribution in [3.8, 4) is 5.75 Å². The molecule has 0 radical (unpaired) electrons. The van der Waals surface area contributed by atoms with E-state index in [4.69, 9.17) is 4.74 Å². The zero-order chi connectivity index (χ0) is 11.3. The molecule has 0 amide bonds. The Morgan fingerprint density at radius 3 is 2.87 bits per heavy atom. The smallest absolute Gasteiger partial charge is 0.163 e. The van der Waals surface area contributed by atoms with Crippen LogP contribution in [0.3, 0.4) is 0 Å². The molecule has 2 heteroatoms. The van der Waals surface area contributed by atoms with Crippen LogP contribution in [0.5, 0.6) is 5.75 Å². The van der Waals surface area contributed by atoms with Crippen molar-refractivity contribution in [1.82, 2.24) is 0 Å². The van der Waals surface area contributed by atoms with Crippen molar-refractivity contribution in [3.05, 3.63) is 42.0 Å². The van der Waals surface area contributed by atoms with Gasteiger partial charge in [0, 0.05) is 0 Å². The molecule has 0 aromatic heterocycles. The second-order valence-corrected chi connectivity index (χ2v) is 3.48. The van der Waals surface area contributed by atoms with Crippen molar-refractivity contribution in [3.63, 3.8) is 0 Å². The van der Waals surface area contributed by atoms with Gasteiger partial charge in [0.05, 0.1) is 12.2 Å². The maximum atomic E-state index is 11.4. The highest BCUT2D eigenvalue weighted by molar-refractivity contribution is 5.97. The minimum absolute atomic E-state index is 0.0345. The van der Waals surface area contributed by atoms with Crippen molar-refractivity contribution in [1.29, 1.82) is 0 Å². The number of ketones is 1. The summed E-state index contributed by atoms with van der Waals surface area (Å²) in [4.78, 5) is 11.4. The van der Waals surface area contributed by atoms with Crippen LogP contribution in [0, 0.1) is 6.92 Å². The van der Waals surface area contributed by atoms with Gasteiger partial charge in [0.15, 0.2) is 5.78 Å². The largest absolute Gasteiger partial charge is 0.493 e. The molecule has 0 aliphatic rings. The third kappa shape index (κ3) is 3.24. The molecule has 0 bridgehead atoms. The first-order chi connectivity index (χ1) is 7.15. The molecule has 0 fully saturated rings. The number of carbonyl (C=O) groups excluding carboxylic acids is 1. The molecule has 1 aromatic carbocycles. The van der Waals surface area contributed by atoms with Crippen LogP contribution in [-0.4, -0.2) is 12.4 Å². The van der Waals surface area contributed by atoms with Gasteiger partial charge in [0.2, 0.25) is 0 Å². The van der Waals surface area contributed by atoms with Gasteiger partial charge in [-0.15, -0.1) is 6.58 Å². The first kappa shape index (κ1) is 11.5. The lowest BCUT2D eigenvalue weighted by atomic mass is 10.1. The van der Waals surface area contributed by atoms with Gasteiger partial charge in [0.1, 0.15) is 5.75 Å². The zero-order valence-corrected chi connectivity index (χ0v) is 9.25. The fraction of sp³-hybridized carbons (Fsp3) is 0.308. The number of hydrogen-bond acceptors (Lipinski definition) is 2. The van der Waals surface area contributed by atoms with Gasteiger partial charge in [0.25, 0.3) is 0 Å². The van der Waals surface area contributed by atoms with E-state index < -0.39 is 0 Å². The molecule has 0 aliphatic heterocycles. The fourth-order valence-electron chi connectivity index (χ4n) is 1.30. The summed E-state index contributed by atoms with van der Waals surface area (Å²) >= 11 is 0. The number of hydrogen-bond donors (Lipinski definition) is 0. The molecular weight excluding hydrogens is 188 g/mol. The summed E-state index contributed by atoms with van der Waals surface area (Å²) in [5.41, 5.74) is 1.72. The Bertz CT molecular complexity index is 367. The summed E-state index contributed by atoms with van der Waals surface area (Å²) in [5.74, 6) is 0.697. The Morgan fingerprint density at radius 1 is 1.53 bits per heavy atom. The second-order valence-electron chi connectivity index (χ2n) is 3.48. The van der Waals surface area contributed by atoms with Crippen molar-refractivity contribution >= 4 is 5.78 Å². The molecular formula is C13H16O2. The molecule has 0 N–H and O–H groups in total. The highest BCUT2D eigenvalue weighted by Crippen LogP contribution is 2.20. The maximum Gasteiger partial charge on any atom is 0.163 e. The van der Waals surface area contributed by atoms with E-state index in [9.17, 15) is 4.79 Å². The van der Waals surface area contributed by atoms with E-state index >= 15 is 0 Å². The van der Waals surface area contributed by atoms with Crippen LogP contribution in [0.15, 0.2) is 30.9 Å². The second kappa shape index (κ2) is 5.35. The van der Waals surface area contributed by atoms with Crippen LogP contribution in [0.4, 0.5) is 0 Å². The van der Waals surface area contributed by atoms with E-state index in [-0.39, 0.29) is 5.78 Å². The summed E-state index contributed by atoms with van der Waals surface area (Å²) in [5, 5.41) is 0. The fourth-order valence-corrected chi connectivity index (χ4v) is 1.30. The molecule has 0 spiro atoms. The molecule has 0 heterocycles. The number of Topliss-reactive ketones (excluding diaryl/α,β-unsaturated/α-hetero) is 1. The van der Waals surface area contributed by atoms with Crippen LogP contribution < -0.4 is 4.74 Å². The van der Waals surface area contributed by atoms with Gasteiger partial charge in [-0.05, 0) is 32.4 Å². The SMILES string of the molecule is C=CCCOc1ccc(C)cc1C(C)=O. The summed E-state index contributed by atoms with van der Waals surface area (Å²) in [6.07, 6.45) is 2.58. The lowest BCUT2D eigenvalue weighted by Gasteiger charge is -2.09. The van der Waals surface area contributed by atoms with Gasteiger partial charge in [-0.1, -0.05) is 17.7 Å². The van der Waals surface area contributed by atoms with Crippen molar-refractivity contribution in [2.24, 2.45) is 0 Å². The summed E-state index contributed by atoms with van der Waals surface area (Å²) in [7, 11) is 0. The van der Waals surface area contributed by atoms with E-state index in [0.717, 1.165) is 12.0 Å². The van der Waals surface area contributed by atoms with Gasteiger partial charge >= 0.3 is 0 Å². The average Bonchev–Trinajstić information content (AvgIpc) is 2.20. The predicted octanol–water partition coefficient (Wildman–Crippen LogP) is 3.15. The Kier molecular flexibility index (Phi) is 4.10. The topological polar surface area (TPSA) is 26.3 Å². The number of benzene rings is 1.